The molecule has 1 aromatic carbocycles. The molecule has 0 atom stereocenters. The molecule has 1 aromatic heterocycles. The van der Waals surface area contributed by atoms with Gasteiger partial charge in [-0.15, -0.1) is 0 Å². The number of aromatic amines is 1. The van der Waals surface area contributed by atoms with Crippen LogP contribution < -0.4 is 5.46 Å². The number of carbonyl (C=O) groups excluding carboxylic acids is 1. The number of aromatic nitrogens is 1. The van der Waals surface area contributed by atoms with Gasteiger partial charge in [-0.25, -0.2) is 4.79 Å². The van der Waals surface area contributed by atoms with Crippen LogP contribution in [0.25, 0.3) is 10.9 Å². The highest BCUT2D eigenvalue weighted by atomic mass is 16.6. The van der Waals surface area contributed by atoms with Crippen molar-refractivity contribution in [3.05, 3.63) is 30.0 Å². The number of rotatable bonds is 2. The first kappa shape index (κ1) is 13.6. The topological polar surface area (TPSA) is 82.6 Å². The predicted molar refractivity (Wildman–Crippen MR) is 73.3 cm³/mol. The molecule has 0 unspecified atom stereocenters. The minimum Gasteiger partial charge on any atom is -0.455 e. The zero-order valence-electron chi connectivity index (χ0n) is 11.1. The molecule has 5 nitrogen and oxygen atoms in total. The van der Waals surface area contributed by atoms with Gasteiger partial charge in [-0.2, -0.15) is 0 Å². The second-order valence-electron chi connectivity index (χ2n) is 5.41. The molecule has 0 bridgehead atoms. The van der Waals surface area contributed by atoms with Crippen LogP contribution in [-0.4, -0.2) is 33.7 Å². The number of ether oxygens (including phenoxy) is 1. The third kappa shape index (κ3) is 3.16. The molecule has 3 N–H and O–H groups in total. The van der Waals surface area contributed by atoms with Crippen molar-refractivity contribution in [3.63, 3.8) is 0 Å². The Hall–Kier alpha value is -1.79. The highest BCUT2D eigenvalue weighted by Crippen LogP contribution is 2.17. The lowest BCUT2D eigenvalue weighted by Crippen LogP contribution is -2.29. The minimum absolute atomic E-state index is 0.342. The van der Waals surface area contributed by atoms with E-state index < -0.39 is 18.7 Å². The molecule has 100 valence electrons. The summed E-state index contributed by atoms with van der Waals surface area (Å²) in [6.45, 7) is 5.40. The first-order valence-corrected chi connectivity index (χ1v) is 5.98. The van der Waals surface area contributed by atoms with Crippen molar-refractivity contribution in [2.24, 2.45) is 0 Å². The Balaban J connectivity index is 2.34. The summed E-state index contributed by atoms with van der Waals surface area (Å²) in [5, 5.41) is 19.0. The first-order chi connectivity index (χ1) is 8.76. The Morgan fingerprint density at radius 3 is 2.53 bits per heavy atom. The maximum Gasteiger partial charge on any atom is 0.488 e. The number of hydrogen-bond acceptors (Lipinski definition) is 4. The van der Waals surface area contributed by atoms with Gasteiger partial charge in [0.05, 0.1) is 0 Å². The summed E-state index contributed by atoms with van der Waals surface area (Å²) in [5.41, 5.74) is 0.812. The molecule has 0 aliphatic carbocycles. The van der Waals surface area contributed by atoms with E-state index in [-0.39, 0.29) is 0 Å². The molecule has 19 heavy (non-hydrogen) atoms. The molecule has 6 heteroatoms. The molecule has 0 aliphatic heterocycles. The lowest BCUT2D eigenvalue weighted by atomic mass is 9.80. The van der Waals surface area contributed by atoms with E-state index in [1.165, 1.54) is 0 Å². The van der Waals surface area contributed by atoms with E-state index in [2.05, 4.69) is 4.98 Å². The quantitative estimate of drug-likeness (QED) is 0.551. The fourth-order valence-corrected chi connectivity index (χ4v) is 1.75. The maximum atomic E-state index is 11.9. The number of H-pyrrole nitrogens is 1. The maximum absolute atomic E-state index is 11.9. The van der Waals surface area contributed by atoms with Crippen molar-refractivity contribution >= 4 is 29.5 Å². The molecule has 0 spiro atoms. The number of nitrogens with one attached hydrogen (secondary N) is 1. The molecule has 0 fully saturated rings. The Bertz CT molecular complexity index is 613. The van der Waals surface area contributed by atoms with E-state index in [0.717, 1.165) is 5.39 Å². The minimum atomic E-state index is -1.53. The number of hydrogen-bond donors (Lipinski definition) is 3. The zero-order chi connectivity index (χ0) is 14.2. The summed E-state index contributed by atoms with van der Waals surface area (Å²) in [6.07, 6.45) is 0. The third-order valence-corrected chi connectivity index (χ3v) is 2.56. The Labute approximate surface area is 111 Å². The molecule has 0 saturated heterocycles. The van der Waals surface area contributed by atoms with Gasteiger partial charge in [-0.05, 0) is 38.4 Å². The van der Waals surface area contributed by atoms with Crippen LogP contribution in [0.5, 0.6) is 0 Å². The van der Waals surface area contributed by atoms with Gasteiger partial charge in [-0.1, -0.05) is 12.1 Å². The van der Waals surface area contributed by atoms with E-state index in [9.17, 15) is 4.79 Å². The number of fused-ring (bicyclic) bond motifs is 1. The average Bonchev–Trinajstić information content (AvgIpc) is 2.68. The van der Waals surface area contributed by atoms with E-state index in [4.69, 9.17) is 14.8 Å². The lowest BCUT2D eigenvalue weighted by Gasteiger charge is -2.18. The normalized spacial score (nSPS) is 11.6. The molecule has 0 saturated carbocycles. The molecule has 2 aromatic rings. The fraction of sp³-hybridized carbons (Fsp3) is 0.308. The zero-order valence-corrected chi connectivity index (χ0v) is 11.1. The van der Waals surface area contributed by atoms with Gasteiger partial charge < -0.3 is 19.8 Å². The standard InChI is InChI=1S/C13H16BNO4/c1-13(2,3)19-12(16)11-6-8-4-5-9(14(17)18)7-10(8)15-11/h4-7,15,17-18H,1-3H3. The van der Waals surface area contributed by atoms with Crippen molar-refractivity contribution < 1.29 is 19.6 Å². The predicted octanol–water partition coefficient (Wildman–Crippen LogP) is 0.803. The summed E-state index contributed by atoms with van der Waals surface area (Å²) in [4.78, 5) is 14.8. The second-order valence-corrected chi connectivity index (χ2v) is 5.41. The van der Waals surface area contributed by atoms with E-state index in [1.807, 2.05) is 0 Å². The molecular formula is C13H16BNO4. The van der Waals surface area contributed by atoms with Crippen LogP contribution in [0, 0.1) is 0 Å². The van der Waals surface area contributed by atoms with Gasteiger partial charge in [0.25, 0.3) is 0 Å². The average molecular weight is 261 g/mol. The summed E-state index contributed by atoms with van der Waals surface area (Å²) in [6, 6.07) is 6.58. The molecule has 0 radical (unpaired) electrons. The molecule has 0 aliphatic rings. The van der Waals surface area contributed by atoms with Gasteiger partial charge in [-0.3, -0.25) is 0 Å². The second kappa shape index (κ2) is 4.72. The van der Waals surface area contributed by atoms with Crippen molar-refractivity contribution in [1.29, 1.82) is 0 Å². The molecule has 2 rings (SSSR count). The van der Waals surface area contributed by atoms with Crippen LogP contribution in [0.15, 0.2) is 24.3 Å². The Kier molecular flexibility index (Phi) is 3.39. The van der Waals surface area contributed by atoms with Crippen LogP contribution in [0.3, 0.4) is 0 Å². The summed E-state index contributed by atoms with van der Waals surface area (Å²) < 4.78 is 5.26. The summed E-state index contributed by atoms with van der Waals surface area (Å²) in [7, 11) is -1.53. The molecule has 1 heterocycles. The largest absolute Gasteiger partial charge is 0.488 e. The van der Waals surface area contributed by atoms with Crippen LogP contribution in [0.4, 0.5) is 0 Å². The van der Waals surface area contributed by atoms with Crippen molar-refractivity contribution in [2.75, 3.05) is 0 Å². The summed E-state index contributed by atoms with van der Waals surface area (Å²) >= 11 is 0. The highest BCUT2D eigenvalue weighted by Gasteiger charge is 2.20. The van der Waals surface area contributed by atoms with Crippen LogP contribution in [0.2, 0.25) is 0 Å². The van der Waals surface area contributed by atoms with Gasteiger partial charge >= 0.3 is 13.1 Å². The lowest BCUT2D eigenvalue weighted by molar-refractivity contribution is 0.00639. The van der Waals surface area contributed by atoms with Crippen molar-refractivity contribution in [1.82, 2.24) is 4.98 Å². The number of benzene rings is 1. The summed E-state index contributed by atoms with van der Waals surface area (Å²) in [5.74, 6) is -0.435. The van der Waals surface area contributed by atoms with Crippen molar-refractivity contribution in [3.8, 4) is 0 Å². The monoisotopic (exact) mass is 261 g/mol. The smallest absolute Gasteiger partial charge is 0.455 e. The third-order valence-electron chi connectivity index (χ3n) is 2.56. The van der Waals surface area contributed by atoms with Crippen LogP contribution >= 0.6 is 0 Å². The fourth-order valence-electron chi connectivity index (χ4n) is 1.75. The molecule has 0 amide bonds. The van der Waals surface area contributed by atoms with Gasteiger partial charge in [0, 0.05) is 10.9 Å². The van der Waals surface area contributed by atoms with E-state index in [0.29, 0.717) is 16.7 Å². The van der Waals surface area contributed by atoms with Crippen molar-refractivity contribution in [2.45, 2.75) is 26.4 Å². The van der Waals surface area contributed by atoms with Crippen LogP contribution in [0.1, 0.15) is 31.3 Å². The van der Waals surface area contributed by atoms with Gasteiger partial charge in [0.1, 0.15) is 11.3 Å². The Morgan fingerprint density at radius 2 is 1.95 bits per heavy atom. The van der Waals surface area contributed by atoms with E-state index in [1.54, 1.807) is 45.0 Å². The Morgan fingerprint density at radius 1 is 1.26 bits per heavy atom. The SMILES string of the molecule is CC(C)(C)OC(=O)c1cc2ccc(B(O)O)cc2[nH]1. The molecular weight excluding hydrogens is 245 g/mol. The highest BCUT2D eigenvalue weighted by molar-refractivity contribution is 6.58. The van der Waals surface area contributed by atoms with Gasteiger partial charge in [0.2, 0.25) is 0 Å². The number of carbonyl (C=O) groups is 1. The van der Waals surface area contributed by atoms with Gasteiger partial charge in [0.15, 0.2) is 0 Å². The van der Waals surface area contributed by atoms with E-state index >= 15 is 0 Å². The number of esters is 1. The van der Waals surface area contributed by atoms with Crippen LogP contribution in [-0.2, 0) is 4.74 Å². The first-order valence-electron chi connectivity index (χ1n) is 5.98.